The molecule has 0 fully saturated rings. The van der Waals surface area contributed by atoms with Crippen LogP contribution in [0.1, 0.15) is 11.1 Å². The Bertz CT molecular complexity index is 686. The van der Waals surface area contributed by atoms with Gasteiger partial charge in [0, 0.05) is 0 Å². The molecule has 0 aliphatic carbocycles. The average Bonchev–Trinajstić information content (AvgIpc) is 2.66. The van der Waals surface area contributed by atoms with E-state index in [-0.39, 0.29) is 9.90 Å². The van der Waals surface area contributed by atoms with Crippen molar-refractivity contribution in [1.29, 1.82) is 0 Å². The van der Waals surface area contributed by atoms with Crippen molar-refractivity contribution >= 4 is 43.0 Å². The molecule has 1 heterocycles. The van der Waals surface area contributed by atoms with Gasteiger partial charge in [0.1, 0.15) is 10.0 Å². The van der Waals surface area contributed by atoms with Gasteiger partial charge in [-0.05, 0) is 53.0 Å². The van der Waals surface area contributed by atoms with E-state index in [0.29, 0.717) is 5.56 Å². The van der Waals surface area contributed by atoms with Gasteiger partial charge >= 0.3 is 0 Å². The van der Waals surface area contributed by atoms with Crippen LogP contribution < -0.4 is 4.72 Å². The van der Waals surface area contributed by atoms with Gasteiger partial charge in [-0.25, -0.2) is 12.8 Å². The van der Waals surface area contributed by atoms with E-state index in [4.69, 9.17) is 0 Å². The fourth-order valence-corrected chi connectivity index (χ4v) is 4.87. The Kier molecular flexibility index (Phi) is 3.98. The first-order chi connectivity index (χ1) is 8.81. The molecule has 19 heavy (non-hydrogen) atoms. The van der Waals surface area contributed by atoms with Gasteiger partial charge in [-0.2, -0.15) is 0 Å². The van der Waals surface area contributed by atoms with Gasteiger partial charge in [-0.15, -0.1) is 11.3 Å². The number of benzene rings is 1. The van der Waals surface area contributed by atoms with Crippen LogP contribution in [0.5, 0.6) is 0 Å². The van der Waals surface area contributed by atoms with E-state index in [0.717, 1.165) is 20.7 Å². The molecule has 0 aliphatic heterocycles. The maximum Gasteiger partial charge on any atom is 0.271 e. The van der Waals surface area contributed by atoms with Gasteiger partial charge < -0.3 is 0 Å². The van der Waals surface area contributed by atoms with Gasteiger partial charge in [0.15, 0.2) is 0 Å². The summed E-state index contributed by atoms with van der Waals surface area (Å²) in [7, 11) is -3.76. The summed E-state index contributed by atoms with van der Waals surface area (Å²) in [5, 5.41) is 0. The zero-order chi connectivity index (χ0) is 14.2. The van der Waals surface area contributed by atoms with Gasteiger partial charge in [0.05, 0.1) is 9.47 Å². The Labute approximate surface area is 123 Å². The molecule has 0 radical (unpaired) electrons. The van der Waals surface area contributed by atoms with Crippen LogP contribution in [0.15, 0.2) is 32.3 Å². The molecule has 1 aromatic carbocycles. The number of hydrogen-bond acceptors (Lipinski definition) is 3. The molecule has 1 N–H and O–H groups in total. The SMILES string of the molecule is Cc1cc(S(=O)(=O)Nc2c(C)cccc2F)sc1Br. The Hall–Kier alpha value is -0.920. The molecule has 1 aromatic heterocycles. The van der Waals surface area contributed by atoms with Crippen molar-refractivity contribution in [2.75, 3.05) is 4.72 Å². The minimum Gasteiger partial charge on any atom is -0.276 e. The molecular formula is C12H11BrFNO2S2. The van der Waals surface area contributed by atoms with Gasteiger partial charge in [0.2, 0.25) is 0 Å². The lowest BCUT2D eigenvalue weighted by Crippen LogP contribution is -2.13. The predicted molar refractivity (Wildman–Crippen MR) is 78.7 cm³/mol. The third-order valence-corrected chi connectivity index (χ3v) is 6.52. The predicted octanol–water partition coefficient (Wildman–Crippen LogP) is 4.07. The molecule has 0 saturated carbocycles. The monoisotopic (exact) mass is 363 g/mol. The van der Waals surface area contributed by atoms with Crippen LogP contribution in [0.4, 0.5) is 10.1 Å². The van der Waals surface area contributed by atoms with Crippen LogP contribution in [0.25, 0.3) is 0 Å². The molecule has 7 heteroatoms. The maximum absolute atomic E-state index is 13.6. The Morgan fingerprint density at radius 3 is 2.47 bits per heavy atom. The summed E-state index contributed by atoms with van der Waals surface area (Å²) in [5.74, 6) is -0.587. The first-order valence-electron chi connectivity index (χ1n) is 5.35. The van der Waals surface area contributed by atoms with Crippen molar-refractivity contribution in [3.8, 4) is 0 Å². The first-order valence-corrected chi connectivity index (χ1v) is 8.44. The van der Waals surface area contributed by atoms with Crippen molar-refractivity contribution in [3.63, 3.8) is 0 Å². The second-order valence-corrected chi connectivity index (χ2v) is 8.34. The van der Waals surface area contributed by atoms with E-state index in [9.17, 15) is 12.8 Å². The van der Waals surface area contributed by atoms with Crippen LogP contribution in [0, 0.1) is 19.7 Å². The molecule has 0 saturated heterocycles. The van der Waals surface area contributed by atoms with E-state index in [1.165, 1.54) is 12.1 Å². The Morgan fingerprint density at radius 2 is 1.95 bits per heavy atom. The standard InChI is InChI=1S/C12H11BrFNO2S2/c1-7-4-3-5-9(14)11(7)15-19(16,17)10-6-8(2)12(13)18-10/h3-6,15H,1-2H3. The number of sulfonamides is 1. The highest BCUT2D eigenvalue weighted by atomic mass is 79.9. The van der Waals surface area contributed by atoms with Gasteiger partial charge in [0.25, 0.3) is 10.0 Å². The summed E-state index contributed by atoms with van der Waals surface area (Å²) < 4.78 is 41.2. The molecule has 0 aliphatic rings. The third-order valence-electron chi connectivity index (χ3n) is 2.56. The van der Waals surface area contributed by atoms with Crippen LogP contribution in [0.2, 0.25) is 0 Å². The molecule has 2 rings (SSSR count). The zero-order valence-electron chi connectivity index (χ0n) is 10.2. The molecule has 2 aromatic rings. The van der Waals surface area contributed by atoms with Crippen molar-refractivity contribution < 1.29 is 12.8 Å². The van der Waals surface area contributed by atoms with E-state index < -0.39 is 15.8 Å². The second kappa shape index (κ2) is 5.22. The fraction of sp³-hybridized carbons (Fsp3) is 0.167. The molecular weight excluding hydrogens is 353 g/mol. The second-order valence-electron chi connectivity index (χ2n) is 4.06. The number of rotatable bonds is 3. The molecule has 0 unspecified atom stereocenters. The fourth-order valence-electron chi connectivity index (χ4n) is 1.51. The number of halogens is 2. The van der Waals surface area contributed by atoms with Gasteiger partial charge in [-0.3, -0.25) is 4.72 Å². The van der Waals surface area contributed by atoms with Crippen LogP contribution in [-0.4, -0.2) is 8.42 Å². The lowest BCUT2D eigenvalue weighted by atomic mass is 10.2. The topological polar surface area (TPSA) is 46.2 Å². The highest BCUT2D eigenvalue weighted by Crippen LogP contribution is 2.32. The number of aryl methyl sites for hydroxylation is 2. The van der Waals surface area contributed by atoms with Crippen molar-refractivity contribution in [3.05, 3.63) is 45.0 Å². The summed E-state index contributed by atoms with van der Waals surface area (Å²) in [6, 6.07) is 5.96. The van der Waals surface area contributed by atoms with Crippen LogP contribution in [-0.2, 0) is 10.0 Å². The summed E-state index contributed by atoms with van der Waals surface area (Å²) in [6.07, 6.45) is 0. The summed E-state index contributed by atoms with van der Waals surface area (Å²) in [6.45, 7) is 3.45. The van der Waals surface area contributed by atoms with Crippen LogP contribution in [0.3, 0.4) is 0 Å². The van der Waals surface area contributed by atoms with E-state index in [1.54, 1.807) is 26.0 Å². The Morgan fingerprint density at radius 1 is 1.26 bits per heavy atom. The largest absolute Gasteiger partial charge is 0.276 e. The molecule has 0 amide bonds. The average molecular weight is 364 g/mol. The molecule has 102 valence electrons. The first kappa shape index (κ1) is 14.5. The van der Waals surface area contributed by atoms with E-state index in [1.807, 2.05) is 0 Å². The minimum absolute atomic E-state index is 0.00956. The van der Waals surface area contributed by atoms with E-state index >= 15 is 0 Å². The summed E-state index contributed by atoms with van der Waals surface area (Å²) >= 11 is 4.37. The highest BCUT2D eigenvalue weighted by Gasteiger charge is 2.20. The minimum atomic E-state index is -3.76. The van der Waals surface area contributed by atoms with Crippen molar-refractivity contribution in [2.24, 2.45) is 0 Å². The van der Waals surface area contributed by atoms with E-state index in [2.05, 4.69) is 20.7 Å². The number of anilines is 1. The summed E-state index contributed by atoms with van der Waals surface area (Å²) in [5.41, 5.74) is 1.36. The number of para-hydroxylation sites is 1. The quantitative estimate of drug-likeness (QED) is 0.893. The third kappa shape index (κ3) is 2.98. The number of nitrogens with one attached hydrogen (secondary N) is 1. The number of hydrogen-bond donors (Lipinski definition) is 1. The van der Waals surface area contributed by atoms with Gasteiger partial charge in [-0.1, -0.05) is 12.1 Å². The smallest absolute Gasteiger partial charge is 0.271 e. The summed E-state index contributed by atoms with van der Waals surface area (Å²) in [4.78, 5) is 0. The molecule has 0 atom stereocenters. The molecule has 3 nitrogen and oxygen atoms in total. The highest BCUT2D eigenvalue weighted by molar-refractivity contribution is 9.11. The maximum atomic E-state index is 13.6. The number of thiophene rings is 1. The lowest BCUT2D eigenvalue weighted by Gasteiger charge is -2.09. The normalized spacial score (nSPS) is 11.6. The Balaban J connectivity index is 2.42. The van der Waals surface area contributed by atoms with Crippen molar-refractivity contribution in [2.45, 2.75) is 18.1 Å². The van der Waals surface area contributed by atoms with Crippen molar-refractivity contribution in [1.82, 2.24) is 0 Å². The molecule has 0 bridgehead atoms. The molecule has 0 spiro atoms. The zero-order valence-corrected chi connectivity index (χ0v) is 13.4. The van der Waals surface area contributed by atoms with Crippen LogP contribution >= 0.6 is 27.3 Å². The lowest BCUT2D eigenvalue weighted by molar-refractivity contribution is 0.600.